The molecule has 6 rings (SSSR count). The van der Waals surface area contributed by atoms with Crippen LogP contribution in [0.1, 0.15) is 47.7 Å². The molecule has 0 saturated carbocycles. The molecule has 13 heteroatoms. The van der Waals surface area contributed by atoms with Crippen molar-refractivity contribution >= 4 is 43.1 Å². The van der Waals surface area contributed by atoms with Crippen LogP contribution in [-0.4, -0.2) is 71.1 Å². The molecule has 3 aromatic rings. The third-order valence-corrected chi connectivity index (χ3v) is 12.5. The number of fused-ring (bicyclic) bond motifs is 2. The Morgan fingerprint density at radius 1 is 1.10 bits per heavy atom. The number of nitrogens with zero attached hydrogens (tertiary/aromatic N) is 3. The number of ether oxygens (including phenoxy) is 1. The standard InChI is InChI=1S/C35H40N4O8Si/c1-22-32(48(2,3)46)30(19-31(41)37-16-8-13-27(37)21-40)47-35(22)28-18-26(39(44)45)14-15-29(28)38(34(35)43)20-23-9-7-12-25(17-23)36-33(42)24-10-5-4-6-11-24/h4-7,9-12,14-15,17-18,22,27,30,32,40,46H,8,13,16,19-21H2,1-3H3,(H,36,42)/t22-,27-,30+,32-,35+/m0/s1. The molecule has 1 spiro atoms. The van der Waals surface area contributed by atoms with E-state index in [9.17, 15) is 34.4 Å². The van der Waals surface area contributed by atoms with E-state index in [4.69, 9.17) is 4.74 Å². The van der Waals surface area contributed by atoms with E-state index >= 15 is 0 Å². The number of aliphatic hydroxyl groups excluding tert-OH is 1. The fourth-order valence-electron chi connectivity index (χ4n) is 7.90. The average molecular weight is 673 g/mol. The minimum absolute atomic E-state index is 0.0800. The van der Waals surface area contributed by atoms with Crippen LogP contribution in [0.25, 0.3) is 0 Å². The molecule has 0 aliphatic carbocycles. The number of nitro benzene ring substituents is 1. The molecule has 0 bridgehead atoms. The van der Waals surface area contributed by atoms with Crippen molar-refractivity contribution in [1.29, 1.82) is 0 Å². The van der Waals surface area contributed by atoms with Crippen molar-refractivity contribution in [2.75, 3.05) is 23.4 Å². The molecule has 0 unspecified atom stereocenters. The highest BCUT2D eigenvalue weighted by molar-refractivity contribution is 6.71. The maximum Gasteiger partial charge on any atom is 0.269 e. The molecule has 3 aromatic carbocycles. The predicted octanol–water partition coefficient (Wildman–Crippen LogP) is 4.57. The molecule has 2 saturated heterocycles. The lowest BCUT2D eigenvalue weighted by Crippen LogP contribution is -2.46. The quantitative estimate of drug-likeness (QED) is 0.169. The second kappa shape index (κ2) is 12.9. The van der Waals surface area contributed by atoms with Crippen molar-refractivity contribution in [2.45, 2.75) is 69.1 Å². The van der Waals surface area contributed by atoms with Crippen molar-refractivity contribution < 1.29 is 33.9 Å². The van der Waals surface area contributed by atoms with Crippen molar-refractivity contribution in [3.63, 3.8) is 0 Å². The lowest BCUT2D eigenvalue weighted by molar-refractivity contribution is -0.385. The largest absolute Gasteiger partial charge is 0.432 e. The Bertz CT molecular complexity index is 1750. The average Bonchev–Trinajstić information content (AvgIpc) is 3.72. The van der Waals surface area contributed by atoms with E-state index in [1.807, 2.05) is 19.1 Å². The summed E-state index contributed by atoms with van der Waals surface area (Å²) in [6.45, 7) is 5.76. The molecule has 5 atom stereocenters. The van der Waals surface area contributed by atoms with Crippen molar-refractivity contribution in [2.24, 2.45) is 5.92 Å². The highest BCUT2D eigenvalue weighted by Gasteiger charge is 2.66. The normalized spacial score (nSPS) is 25.1. The number of benzene rings is 3. The number of likely N-dealkylation sites (tertiary alicyclic amines) is 1. The lowest BCUT2D eigenvalue weighted by Gasteiger charge is -2.32. The molecule has 3 aliphatic heterocycles. The zero-order valence-corrected chi connectivity index (χ0v) is 28.2. The molecule has 48 heavy (non-hydrogen) atoms. The zero-order valence-electron chi connectivity index (χ0n) is 27.2. The molecule has 3 heterocycles. The first-order valence-corrected chi connectivity index (χ1v) is 19.2. The summed E-state index contributed by atoms with van der Waals surface area (Å²) in [5.41, 5.74) is 0.0708. The Labute approximate surface area is 279 Å². The van der Waals surface area contributed by atoms with E-state index in [2.05, 4.69) is 5.32 Å². The van der Waals surface area contributed by atoms with Gasteiger partial charge in [-0.05, 0) is 61.8 Å². The smallest absolute Gasteiger partial charge is 0.269 e. The highest BCUT2D eigenvalue weighted by Crippen LogP contribution is 2.60. The summed E-state index contributed by atoms with van der Waals surface area (Å²) in [4.78, 5) is 67.3. The summed E-state index contributed by atoms with van der Waals surface area (Å²) in [6, 6.07) is 19.9. The molecule has 12 nitrogen and oxygen atoms in total. The van der Waals surface area contributed by atoms with Crippen molar-refractivity contribution in [1.82, 2.24) is 4.90 Å². The molecule has 252 valence electrons. The Morgan fingerprint density at radius 3 is 2.54 bits per heavy atom. The number of hydrogen-bond acceptors (Lipinski definition) is 8. The summed E-state index contributed by atoms with van der Waals surface area (Å²) in [5.74, 6) is -1.56. The monoisotopic (exact) mass is 672 g/mol. The number of non-ortho nitro benzene ring substituents is 1. The Morgan fingerprint density at radius 2 is 1.85 bits per heavy atom. The Balaban J connectivity index is 1.35. The summed E-state index contributed by atoms with van der Waals surface area (Å²) in [5, 5.41) is 24.7. The van der Waals surface area contributed by atoms with E-state index in [0.29, 0.717) is 41.0 Å². The number of hydrogen-bond donors (Lipinski definition) is 3. The van der Waals surface area contributed by atoms with Crippen LogP contribution < -0.4 is 10.2 Å². The molecule has 2 fully saturated rings. The van der Waals surface area contributed by atoms with Gasteiger partial charge in [-0.25, -0.2) is 0 Å². The van der Waals surface area contributed by atoms with Crippen LogP contribution in [-0.2, 0) is 26.5 Å². The summed E-state index contributed by atoms with van der Waals surface area (Å²) >= 11 is 0. The van der Waals surface area contributed by atoms with Gasteiger partial charge in [0, 0.05) is 47.0 Å². The number of carbonyl (C=O) groups excluding carboxylic acids is 3. The Kier molecular flexibility index (Phi) is 8.98. The van der Waals surface area contributed by atoms with Crippen LogP contribution in [0.15, 0.2) is 72.8 Å². The number of nitrogens with one attached hydrogen (secondary N) is 1. The zero-order chi connectivity index (χ0) is 34.4. The number of anilines is 2. The maximum absolute atomic E-state index is 14.8. The van der Waals surface area contributed by atoms with Gasteiger partial charge in [0.2, 0.25) is 5.91 Å². The molecule has 0 radical (unpaired) electrons. The first kappa shape index (κ1) is 33.5. The molecular weight excluding hydrogens is 632 g/mol. The van der Waals surface area contributed by atoms with Crippen LogP contribution in [0.4, 0.5) is 17.1 Å². The van der Waals surface area contributed by atoms with Gasteiger partial charge in [0.1, 0.15) is 0 Å². The van der Waals surface area contributed by atoms with Crippen LogP contribution in [0.3, 0.4) is 0 Å². The van der Waals surface area contributed by atoms with Crippen molar-refractivity contribution in [3.8, 4) is 0 Å². The van der Waals surface area contributed by atoms with E-state index in [-0.39, 0.29) is 43.1 Å². The number of carbonyl (C=O) groups is 3. The third kappa shape index (κ3) is 5.91. The number of aliphatic hydroxyl groups is 1. The Hall–Kier alpha value is -4.43. The first-order chi connectivity index (χ1) is 22.8. The maximum atomic E-state index is 14.8. The van der Waals surface area contributed by atoms with E-state index < -0.39 is 42.3 Å². The first-order valence-electron chi connectivity index (χ1n) is 16.2. The second-order valence-corrected chi connectivity index (χ2v) is 17.5. The number of rotatable bonds is 9. The fraction of sp³-hybridized carbons (Fsp3) is 0.400. The van der Waals surface area contributed by atoms with Crippen molar-refractivity contribution in [3.05, 3.63) is 99.6 Å². The van der Waals surface area contributed by atoms with Crippen LogP contribution in [0.2, 0.25) is 18.6 Å². The summed E-state index contributed by atoms with van der Waals surface area (Å²) in [7, 11) is -3.10. The highest BCUT2D eigenvalue weighted by atomic mass is 28.4. The van der Waals surface area contributed by atoms with Crippen LogP contribution >= 0.6 is 0 Å². The second-order valence-electron chi connectivity index (χ2n) is 13.5. The van der Waals surface area contributed by atoms with Gasteiger partial charge in [0.15, 0.2) is 13.9 Å². The van der Waals surface area contributed by atoms with E-state index in [1.54, 1.807) is 66.5 Å². The third-order valence-electron chi connectivity index (χ3n) is 10.0. The van der Waals surface area contributed by atoms with E-state index in [0.717, 1.165) is 6.42 Å². The van der Waals surface area contributed by atoms with Crippen LogP contribution in [0.5, 0.6) is 0 Å². The van der Waals surface area contributed by atoms with E-state index in [1.165, 1.54) is 17.0 Å². The number of amides is 3. The van der Waals surface area contributed by atoms with Gasteiger partial charge in [-0.2, -0.15) is 0 Å². The summed E-state index contributed by atoms with van der Waals surface area (Å²) < 4.78 is 6.72. The van der Waals surface area contributed by atoms with Gasteiger partial charge in [-0.1, -0.05) is 37.3 Å². The SMILES string of the molecule is C[C@H]1[C@H]([Si](C)(C)O)[C@@H](CC(=O)N2CCC[C@H]2CO)O[C@]12C(=O)N(Cc1cccc(NC(=O)c3ccccc3)c1)c1ccc([N+](=O)[O-])cc12. The minimum Gasteiger partial charge on any atom is -0.432 e. The topological polar surface area (TPSA) is 163 Å². The van der Waals surface area contributed by atoms with Gasteiger partial charge >= 0.3 is 0 Å². The molecule has 0 aromatic heterocycles. The fourth-order valence-corrected chi connectivity index (χ4v) is 10.5. The van der Waals surface area contributed by atoms with Gasteiger partial charge in [-0.3, -0.25) is 24.5 Å². The summed E-state index contributed by atoms with van der Waals surface area (Å²) in [6.07, 6.45) is 0.546. The molecule has 3 N–H and O–H groups in total. The molecule has 3 amide bonds. The number of nitro groups is 1. The minimum atomic E-state index is -3.10. The molecular formula is C35H40N4O8Si. The van der Waals surface area contributed by atoms with Gasteiger partial charge in [-0.15, -0.1) is 0 Å². The predicted molar refractivity (Wildman–Crippen MR) is 181 cm³/mol. The molecule has 3 aliphatic rings. The van der Waals surface area contributed by atoms with Gasteiger partial charge in [0.05, 0.1) is 42.3 Å². The van der Waals surface area contributed by atoms with Crippen LogP contribution in [0, 0.1) is 16.0 Å². The van der Waals surface area contributed by atoms with Gasteiger partial charge < -0.3 is 29.8 Å². The van der Waals surface area contributed by atoms with Gasteiger partial charge in [0.25, 0.3) is 17.5 Å². The lowest BCUT2D eigenvalue weighted by atomic mass is 9.82.